The van der Waals surface area contributed by atoms with Crippen molar-refractivity contribution in [2.45, 2.75) is 52.6 Å². The second-order valence-corrected chi connectivity index (χ2v) is 4.81. The minimum Gasteiger partial charge on any atom is -0.463 e. The molecule has 0 saturated heterocycles. The fourth-order valence-corrected chi connectivity index (χ4v) is 1.03. The van der Waals surface area contributed by atoms with Gasteiger partial charge in [0.1, 0.15) is 6.61 Å². The van der Waals surface area contributed by atoms with Gasteiger partial charge in [-0.1, -0.05) is 20.8 Å². The van der Waals surface area contributed by atoms with Crippen LogP contribution in [0.4, 0.5) is 0 Å². The molecule has 0 aromatic heterocycles. The number of esters is 1. The Labute approximate surface area is 108 Å². The Bertz CT molecular complexity index is 239. The molecule has 6 nitrogen and oxygen atoms in total. The van der Waals surface area contributed by atoms with Crippen molar-refractivity contribution in [2.24, 2.45) is 5.41 Å². The predicted molar refractivity (Wildman–Crippen MR) is 64.4 cm³/mol. The van der Waals surface area contributed by atoms with Crippen molar-refractivity contribution >= 4 is 5.97 Å². The predicted octanol–water partition coefficient (Wildman–Crippen LogP) is 0.392. The number of ether oxygens (including phenoxy) is 2. The number of carbonyl (C=O) groups is 1. The third-order valence-corrected chi connectivity index (χ3v) is 2.81. The molecule has 0 spiro atoms. The van der Waals surface area contributed by atoms with Crippen molar-refractivity contribution < 1.29 is 29.6 Å². The molecular formula is C12H24O6. The summed E-state index contributed by atoms with van der Waals surface area (Å²) in [6.45, 7) is 5.86. The van der Waals surface area contributed by atoms with E-state index in [0.717, 1.165) is 6.42 Å². The SMILES string of the molecule is CCC(C)(C)C(O)OCCOC(=O)CCC(O)O. The summed E-state index contributed by atoms with van der Waals surface area (Å²) in [5, 5.41) is 26.8. The Morgan fingerprint density at radius 1 is 1.22 bits per heavy atom. The number of aliphatic hydroxyl groups excluding tert-OH is 2. The fraction of sp³-hybridized carbons (Fsp3) is 0.917. The molecule has 1 unspecified atom stereocenters. The van der Waals surface area contributed by atoms with Gasteiger partial charge in [0, 0.05) is 11.8 Å². The molecule has 0 saturated carbocycles. The van der Waals surface area contributed by atoms with Crippen LogP contribution < -0.4 is 0 Å². The monoisotopic (exact) mass is 264 g/mol. The van der Waals surface area contributed by atoms with Crippen LogP contribution in [0.1, 0.15) is 40.0 Å². The van der Waals surface area contributed by atoms with Crippen LogP contribution >= 0.6 is 0 Å². The highest BCUT2D eigenvalue weighted by Crippen LogP contribution is 2.25. The van der Waals surface area contributed by atoms with Crippen LogP contribution in [-0.4, -0.2) is 47.1 Å². The average Bonchev–Trinajstić information content (AvgIpc) is 2.31. The zero-order valence-corrected chi connectivity index (χ0v) is 11.3. The van der Waals surface area contributed by atoms with Gasteiger partial charge in [0.2, 0.25) is 0 Å². The molecule has 18 heavy (non-hydrogen) atoms. The summed E-state index contributed by atoms with van der Waals surface area (Å²) in [5.74, 6) is -0.518. The summed E-state index contributed by atoms with van der Waals surface area (Å²) in [6, 6.07) is 0. The third-order valence-electron chi connectivity index (χ3n) is 2.81. The highest BCUT2D eigenvalue weighted by atomic mass is 16.6. The molecule has 0 aliphatic carbocycles. The first-order valence-electron chi connectivity index (χ1n) is 6.11. The summed E-state index contributed by atoms with van der Waals surface area (Å²) in [4.78, 5) is 11.1. The maximum Gasteiger partial charge on any atom is 0.306 e. The maximum atomic E-state index is 11.1. The van der Waals surface area contributed by atoms with E-state index in [9.17, 15) is 9.90 Å². The number of hydrogen-bond acceptors (Lipinski definition) is 6. The van der Waals surface area contributed by atoms with Crippen molar-refractivity contribution in [3.8, 4) is 0 Å². The molecule has 0 aromatic rings. The van der Waals surface area contributed by atoms with Crippen LogP contribution in [0, 0.1) is 5.41 Å². The molecule has 0 aromatic carbocycles. The van der Waals surface area contributed by atoms with Crippen LogP contribution in [0.15, 0.2) is 0 Å². The standard InChI is InChI=1S/C12H24O6/c1-4-12(2,3)11(16)18-8-7-17-10(15)6-5-9(13)14/h9,11,13-14,16H,4-8H2,1-3H3. The second-order valence-electron chi connectivity index (χ2n) is 4.81. The lowest BCUT2D eigenvalue weighted by molar-refractivity contribution is -0.177. The van der Waals surface area contributed by atoms with Crippen molar-refractivity contribution in [2.75, 3.05) is 13.2 Å². The Hall–Kier alpha value is -0.690. The average molecular weight is 264 g/mol. The molecule has 108 valence electrons. The minimum atomic E-state index is -1.50. The Balaban J connectivity index is 3.64. The van der Waals surface area contributed by atoms with Gasteiger partial charge in [-0.3, -0.25) is 4.79 Å². The summed E-state index contributed by atoms with van der Waals surface area (Å²) in [7, 11) is 0. The molecule has 0 rings (SSSR count). The molecule has 0 radical (unpaired) electrons. The Morgan fingerprint density at radius 2 is 1.83 bits per heavy atom. The van der Waals surface area contributed by atoms with Gasteiger partial charge in [-0.15, -0.1) is 0 Å². The van der Waals surface area contributed by atoms with Gasteiger partial charge >= 0.3 is 5.97 Å². The summed E-state index contributed by atoms with van der Waals surface area (Å²) >= 11 is 0. The van der Waals surface area contributed by atoms with Crippen molar-refractivity contribution in [3.05, 3.63) is 0 Å². The van der Waals surface area contributed by atoms with Crippen LogP contribution in [0.5, 0.6) is 0 Å². The fourth-order valence-electron chi connectivity index (χ4n) is 1.03. The first kappa shape index (κ1) is 17.3. The third kappa shape index (κ3) is 7.60. The normalized spacial score (nSPS) is 13.7. The Kier molecular flexibility index (Phi) is 8.10. The topological polar surface area (TPSA) is 96.2 Å². The molecule has 0 aliphatic heterocycles. The lowest BCUT2D eigenvalue weighted by Crippen LogP contribution is -2.32. The molecule has 0 fully saturated rings. The number of carbonyl (C=O) groups excluding carboxylic acids is 1. The number of rotatable bonds is 9. The first-order valence-corrected chi connectivity index (χ1v) is 6.11. The van der Waals surface area contributed by atoms with Crippen LogP contribution in [-0.2, 0) is 14.3 Å². The largest absolute Gasteiger partial charge is 0.463 e. The van der Waals surface area contributed by atoms with E-state index in [4.69, 9.17) is 19.7 Å². The number of hydrogen-bond donors (Lipinski definition) is 3. The highest BCUT2D eigenvalue weighted by Gasteiger charge is 2.26. The molecular weight excluding hydrogens is 240 g/mol. The van der Waals surface area contributed by atoms with E-state index in [1.54, 1.807) is 0 Å². The van der Waals surface area contributed by atoms with Gasteiger partial charge in [0.05, 0.1) is 13.0 Å². The highest BCUT2D eigenvalue weighted by molar-refractivity contribution is 5.69. The van der Waals surface area contributed by atoms with Gasteiger partial charge in [-0.05, 0) is 6.42 Å². The van der Waals surface area contributed by atoms with E-state index < -0.39 is 18.5 Å². The van der Waals surface area contributed by atoms with Crippen molar-refractivity contribution in [3.63, 3.8) is 0 Å². The molecule has 1 atom stereocenters. The van der Waals surface area contributed by atoms with E-state index in [-0.39, 0.29) is 31.5 Å². The zero-order valence-electron chi connectivity index (χ0n) is 11.3. The van der Waals surface area contributed by atoms with Crippen molar-refractivity contribution in [1.82, 2.24) is 0 Å². The van der Waals surface area contributed by atoms with E-state index >= 15 is 0 Å². The molecule has 3 N–H and O–H groups in total. The number of aliphatic hydroxyl groups is 3. The molecule has 0 aliphatic rings. The second kappa shape index (κ2) is 8.42. The zero-order chi connectivity index (χ0) is 14.2. The van der Waals surface area contributed by atoms with E-state index in [1.165, 1.54) is 0 Å². The van der Waals surface area contributed by atoms with Gasteiger partial charge in [0.25, 0.3) is 0 Å². The molecule has 6 heteroatoms. The first-order chi connectivity index (χ1) is 8.29. The summed E-state index contributed by atoms with van der Waals surface area (Å²) in [5.41, 5.74) is -0.342. The van der Waals surface area contributed by atoms with Crippen molar-refractivity contribution in [1.29, 1.82) is 0 Å². The molecule has 0 amide bonds. The van der Waals surface area contributed by atoms with E-state index in [2.05, 4.69) is 0 Å². The summed E-state index contributed by atoms with van der Waals surface area (Å²) in [6.07, 6.45) is -1.74. The smallest absolute Gasteiger partial charge is 0.306 e. The van der Waals surface area contributed by atoms with Crippen LogP contribution in [0.3, 0.4) is 0 Å². The lowest BCUT2D eigenvalue weighted by atomic mass is 9.90. The molecule has 0 heterocycles. The van der Waals surface area contributed by atoms with Gasteiger partial charge in [-0.25, -0.2) is 0 Å². The maximum absolute atomic E-state index is 11.1. The van der Waals surface area contributed by atoms with Crippen LogP contribution in [0.2, 0.25) is 0 Å². The van der Waals surface area contributed by atoms with Gasteiger partial charge < -0.3 is 24.8 Å². The lowest BCUT2D eigenvalue weighted by Gasteiger charge is -2.28. The van der Waals surface area contributed by atoms with Gasteiger partial charge in [-0.2, -0.15) is 0 Å². The minimum absolute atomic E-state index is 0.0389. The van der Waals surface area contributed by atoms with Crippen LogP contribution in [0.25, 0.3) is 0 Å². The van der Waals surface area contributed by atoms with E-state index in [1.807, 2.05) is 20.8 Å². The Morgan fingerprint density at radius 3 is 2.33 bits per heavy atom. The molecule has 0 bridgehead atoms. The van der Waals surface area contributed by atoms with Gasteiger partial charge in [0.15, 0.2) is 12.6 Å². The quantitative estimate of drug-likeness (QED) is 0.317. The summed E-state index contributed by atoms with van der Waals surface area (Å²) < 4.78 is 9.95. The van der Waals surface area contributed by atoms with E-state index in [0.29, 0.717) is 0 Å².